The molecule has 1 aromatic heterocycles. The molecule has 1 aliphatic heterocycles. The van der Waals surface area contributed by atoms with Crippen LogP contribution in [0.5, 0.6) is 12.0 Å². The molecule has 140 valence electrons. The predicted molar refractivity (Wildman–Crippen MR) is 95.0 cm³/mol. The lowest BCUT2D eigenvalue weighted by Gasteiger charge is -2.35. The predicted octanol–water partition coefficient (Wildman–Crippen LogP) is 1.61. The molecule has 2 heterocycles. The van der Waals surface area contributed by atoms with Gasteiger partial charge in [0.15, 0.2) is 0 Å². The molecule has 25 heavy (non-hydrogen) atoms. The third-order valence-corrected chi connectivity index (χ3v) is 4.37. The van der Waals surface area contributed by atoms with Crippen molar-refractivity contribution in [1.82, 2.24) is 19.9 Å². The van der Waals surface area contributed by atoms with E-state index in [4.69, 9.17) is 9.47 Å². The number of anilines is 1. The van der Waals surface area contributed by atoms with Crippen LogP contribution in [0.2, 0.25) is 0 Å². The summed E-state index contributed by atoms with van der Waals surface area (Å²) < 4.78 is 10.2. The maximum absolute atomic E-state index is 12.3. The van der Waals surface area contributed by atoms with Gasteiger partial charge in [0, 0.05) is 32.1 Å². The number of carbonyl (C=O) groups is 1. The van der Waals surface area contributed by atoms with Gasteiger partial charge < -0.3 is 19.3 Å². The molecule has 1 fully saturated rings. The number of piperidine rings is 1. The van der Waals surface area contributed by atoms with Crippen LogP contribution in [-0.2, 0) is 4.79 Å². The third-order valence-electron chi connectivity index (χ3n) is 4.37. The van der Waals surface area contributed by atoms with Crippen LogP contribution in [0.25, 0.3) is 0 Å². The van der Waals surface area contributed by atoms with E-state index in [1.807, 2.05) is 32.7 Å². The van der Waals surface area contributed by atoms with Crippen molar-refractivity contribution in [3.05, 3.63) is 0 Å². The topological polar surface area (TPSA) is 80.7 Å². The van der Waals surface area contributed by atoms with Crippen LogP contribution in [0, 0.1) is 11.3 Å². The molecule has 0 atom stereocenters. The first-order valence-corrected chi connectivity index (χ1v) is 8.59. The van der Waals surface area contributed by atoms with Gasteiger partial charge in [-0.1, -0.05) is 20.8 Å². The minimum Gasteiger partial charge on any atom is -0.467 e. The molecule has 1 amide bonds. The Morgan fingerprint density at radius 2 is 1.64 bits per heavy atom. The molecule has 1 aromatic rings. The lowest BCUT2D eigenvalue weighted by atomic mass is 9.92. The zero-order chi connectivity index (χ0) is 18.6. The average Bonchev–Trinajstić information content (AvgIpc) is 2.60. The fourth-order valence-electron chi connectivity index (χ4n) is 3.01. The summed E-state index contributed by atoms with van der Waals surface area (Å²) in [6.07, 6.45) is 1.97. The first-order valence-electron chi connectivity index (χ1n) is 8.59. The van der Waals surface area contributed by atoms with Crippen molar-refractivity contribution in [3.8, 4) is 12.0 Å². The third kappa shape index (κ3) is 4.93. The number of aromatic nitrogens is 3. The summed E-state index contributed by atoms with van der Waals surface area (Å²) in [6, 6.07) is 0.499. The molecule has 0 unspecified atom stereocenters. The van der Waals surface area contributed by atoms with Crippen molar-refractivity contribution in [2.75, 3.05) is 45.8 Å². The van der Waals surface area contributed by atoms with Crippen molar-refractivity contribution in [3.63, 3.8) is 0 Å². The molecule has 0 N–H and O–H groups in total. The zero-order valence-corrected chi connectivity index (χ0v) is 16.1. The summed E-state index contributed by atoms with van der Waals surface area (Å²) in [5.74, 6) is 1.24. The number of methoxy groups -OCH3 is 2. The molecule has 8 nitrogen and oxygen atoms in total. The standard InChI is InChI=1S/C17H29N5O3/c1-17(2,3)13(23)21(4)11-12-7-9-22(10-8-12)14-18-15(24-5)20-16(19-14)25-6/h12H,7-11H2,1-6H3. The Labute approximate surface area is 149 Å². The number of hydrogen-bond acceptors (Lipinski definition) is 7. The van der Waals surface area contributed by atoms with E-state index in [-0.39, 0.29) is 23.3 Å². The molecule has 0 bridgehead atoms. The van der Waals surface area contributed by atoms with Crippen molar-refractivity contribution in [1.29, 1.82) is 0 Å². The molecule has 0 aromatic carbocycles. The van der Waals surface area contributed by atoms with Gasteiger partial charge in [0.05, 0.1) is 14.2 Å². The van der Waals surface area contributed by atoms with Gasteiger partial charge in [0.1, 0.15) is 0 Å². The Kier molecular flexibility index (Phi) is 6.02. The van der Waals surface area contributed by atoms with Crippen LogP contribution in [0.15, 0.2) is 0 Å². The van der Waals surface area contributed by atoms with E-state index in [0.717, 1.165) is 32.5 Å². The largest absolute Gasteiger partial charge is 0.467 e. The van der Waals surface area contributed by atoms with Gasteiger partial charge >= 0.3 is 12.0 Å². The second-order valence-electron chi connectivity index (χ2n) is 7.47. The van der Waals surface area contributed by atoms with Crippen LogP contribution >= 0.6 is 0 Å². The van der Waals surface area contributed by atoms with Crippen LogP contribution < -0.4 is 14.4 Å². The van der Waals surface area contributed by atoms with E-state index in [2.05, 4.69) is 19.9 Å². The highest BCUT2D eigenvalue weighted by Gasteiger charge is 2.28. The molecular formula is C17H29N5O3. The van der Waals surface area contributed by atoms with Gasteiger partial charge in [-0.2, -0.15) is 9.97 Å². The molecule has 8 heteroatoms. The average molecular weight is 351 g/mol. The van der Waals surface area contributed by atoms with Crippen LogP contribution in [0.3, 0.4) is 0 Å². The highest BCUT2D eigenvalue weighted by atomic mass is 16.5. The number of amides is 1. The number of carbonyl (C=O) groups excluding carboxylic acids is 1. The minimum atomic E-state index is -0.340. The van der Waals surface area contributed by atoms with Gasteiger partial charge in [0.25, 0.3) is 0 Å². The summed E-state index contributed by atoms with van der Waals surface area (Å²) in [5, 5.41) is 0. The summed E-state index contributed by atoms with van der Waals surface area (Å²) in [7, 11) is 4.93. The molecule has 1 saturated heterocycles. The SMILES string of the molecule is COc1nc(OC)nc(N2CCC(CN(C)C(=O)C(C)(C)C)CC2)n1. The van der Waals surface area contributed by atoms with E-state index < -0.39 is 0 Å². The maximum atomic E-state index is 12.3. The number of rotatable bonds is 5. The van der Waals surface area contributed by atoms with Gasteiger partial charge in [0.2, 0.25) is 11.9 Å². The van der Waals surface area contributed by atoms with Gasteiger partial charge in [-0.3, -0.25) is 4.79 Å². The van der Waals surface area contributed by atoms with Crippen LogP contribution in [0.1, 0.15) is 33.6 Å². The quantitative estimate of drug-likeness (QED) is 0.797. The fraction of sp³-hybridized carbons (Fsp3) is 0.765. The lowest BCUT2D eigenvalue weighted by Crippen LogP contribution is -2.43. The van der Waals surface area contributed by atoms with Gasteiger partial charge in [-0.05, 0) is 18.8 Å². The fourth-order valence-corrected chi connectivity index (χ4v) is 3.01. The highest BCUT2D eigenvalue weighted by molar-refractivity contribution is 5.81. The van der Waals surface area contributed by atoms with E-state index in [1.165, 1.54) is 14.2 Å². The summed E-state index contributed by atoms with van der Waals surface area (Å²) in [4.78, 5) is 28.9. The van der Waals surface area contributed by atoms with E-state index >= 15 is 0 Å². The molecule has 0 aliphatic carbocycles. The second-order valence-corrected chi connectivity index (χ2v) is 7.47. The van der Waals surface area contributed by atoms with E-state index in [0.29, 0.717) is 11.9 Å². The zero-order valence-electron chi connectivity index (χ0n) is 16.1. The normalized spacial score (nSPS) is 15.8. The second kappa shape index (κ2) is 7.84. The Balaban J connectivity index is 1.95. The van der Waals surface area contributed by atoms with Crippen LogP contribution in [-0.4, -0.2) is 66.7 Å². The minimum absolute atomic E-state index is 0.182. The molecule has 0 saturated carbocycles. The monoisotopic (exact) mass is 351 g/mol. The number of ether oxygens (including phenoxy) is 2. The number of nitrogens with zero attached hydrogens (tertiary/aromatic N) is 5. The Bertz CT molecular complexity index is 572. The van der Waals surface area contributed by atoms with E-state index in [9.17, 15) is 4.79 Å². The van der Waals surface area contributed by atoms with Crippen molar-refractivity contribution in [2.45, 2.75) is 33.6 Å². The summed E-state index contributed by atoms with van der Waals surface area (Å²) in [5.41, 5.74) is -0.340. The van der Waals surface area contributed by atoms with Crippen molar-refractivity contribution in [2.24, 2.45) is 11.3 Å². The first-order chi connectivity index (χ1) is 11.7. The van der Waals surface area contributed by atoms with Crippen molar-refractivity contribution < 1.29 is 14.3 Å². The molecular weight excluding hydrogens is 322 g/mol. The molecule has 0 spiro atoms. The molecule has 2 rings (SSSR count). The molecule has 1 aliphatic rings. The van der Waals surface area contributed by atoms with Gasteiger partial charge in [-0.25, -0.2) is 0 Å². The van der Waals surface area contributed by atoms with Crippen LogP contribution in [0.4, 0.5) is 5.95 Å². The van der Waals surface area contributed by atoms with Crippen molar-refractivity contribution >= 4 is 11.9 Å². The first kappa shape index (κ1) is 19.2. The Morgan fingerprint density at radius 3 is 2.08 bits per heavy atom. The maximum Gasteiger partial charge on any atom is 0.324 e. The van der Waals surface area contributed by atoms with Gasteiger partial charge in [-0.15, -0.1) is 4.98 Å². The number of hydrogen-bond donors (Lipinski definition) is 0. The highest BCUT2D eigenvalue weighted by Crippen LogP contribution is 2.25. The summed E-state index contributed by atoms with van der Waals surface area (Å²) in [6.45, 7) is 8.31. The smallest absolute Gasteiger partial charge is 0.324 e. The summed E-state index contributed by atoms with van der Waals surface area (Å²) >= 11 is 0. The Morgan fingerprint density at radius 1 is 1.12 bits per heavy atom. The lowest BCUT2D eigenvalue weighted by molar-refractivity contribution is -0.138. The Hall–Kier alpha value is -2.12. The molecule has 0 radical (unpaired) electrons. The van der Waals surface area contributed by atoms with E-state index in [1.54, 1.807) is 0 Å².